The van der Waals surface area contributed by atoms with E-state index in [1.807, 2.05) is 11.0 Å². The molecule has 2 heterocycles. The van der Waals surface area contributed by atoms with E-state index in [0.717, 1.165) is 35.5 Å². The first-order valence-electron chi connectivity index (χ1n) is 13.2. The molecule has 1 saturated heterocycles. The summed E-state index contributed by atoms with van der Waals surface area (Å²) < 4.78 is 53.1. The number of aryl methyl sites for hydroxylation is 1. The number of alkyl halides is 3. The molecule has 2 amide bonds. The van der Waals surface area contributed by atoms with E-state index in [9.17, 15) is 27.2 Å². The van der Waals surface area contributed by atoms with Gasteiger partial charge in [-0.05, 0) is 60.7 Å². The number of aromatic nitrogens is 1. The number of halogens is 4. The Morgan fingerprint density at radius 2 is 1.73 bits per heavy atom. The second-order valence-electron chi connectivity index (χ2n) is 9.93. The molecule has 3 aromatic carbocycles. The normalized spacial score (nSPS) is 14.2. The van der Waals surface area contributed by atoms with Crippen molar-refractivity contribution >= 4 is 28.8 Å². The summed E-state index contributed by atoms with van der Waals surface area (Å²) in [5.74, 6) is -0.610. The molecule has 1 aliphatic rings. The monoisotopic (exact) mass is 581 g/mol. The molecule has 0 bridgehead atoms. The van der Waals surface area contributed by atoms with Crippen LogP contribution in [-0.4, -0.2) is 34.8 Å². The van der Waals surface area contributed by atoms with Crippen molar-refractivity contribution in [2.24, 2.45) is 0 Å². The van der Waals surface area contributed by atoms with Crippen molar-refractivity contribution in [1.29, 1.82) is 0 Å². The van der Waals surface area contributed by atoms with Crippen molar-refractivity contribution in [3.63, 3.8) is 0 Å². The van der Waals surface area contributed by atoms with Crippen LogP contribution in [0.3, 0.4) is 0 Å². The van der Waals surface area contributed by atoms with E-state index >= 15 is 0 Å². The van der Waals surface area contributed by atoms with Gasteiger partial charge in [-0.2, -0.15) is 13.2 Å². The number of nitrogens with one attached hydrogen (secondary N) is 1. The van der Waals surface area contributed by atoms with E-state index in [1.165, 1.54) is 29.5 Å². The molecule has 0 atom stereocenters. The average Bonchev–Trinajstić information content (AvgIpc) is 3.47. The van der Waals surface area contributed by atoms with Gasteiger partial charge in [0.25, 0.3) is 5.91 Å². The Morgan fingerprint density at radius 1 is 0.976 bits per heavy atom. The molecule has 0 aliphatic carbocycles. The number of carbonyl (C=O) groups excluding carboxylic acids is 2. The predicted molar refractivity (Wildman–Crippen MR) is 150 cm³/mol. The lowest BCUT2D eigenvalue weighted by molar-refractivity contribution is -0.137. The molecular formula is C31H27F4N3O2S. The van der Waals surface area contributed by atoms with E-state index in [4.69, 9.17) is 0 Å². The van der Waals surface area contributed by atoms with E-state index < -0.39 is 17.6 Å². The summed E-state index contributed by atoms with van der Waals surface area (Å²) in [7, 11) is 0. The minimum atomic E-state index is -4.47. The summed E-state index contributed by atoms with van der Waals surface area (Å²) in [4.78, 5) is 32.1. The number of hydrogen-bond donors (Lipinski definition) is 1. The number of rotatable bonds is 7. The lowest BCUT2D eigenvalue weighted by Crippen LogP contribution is -2.38. The van der Waals surface area contributed by atoms with Crippen LogP contribution in [0.2, 0.25) is 0 Å². The Hall–Kier alpha value is -4.05. The summed E-state index contributed by atoms with van der Waals surface area (Å²) in [5, 5.41) is 5.29. The summed E-state index contributed by atoms with van der Waals surface area (Å²) in [6, 6.07) is 17.9. The zero-order valence-corrected chi connectivity index (χ0v) is 22.8. The number of thiazole rings is 1. The maximum atomic E-state index is 13.4. The topological polar surface area (TPSA) is 62.3 Å². The van der Waals surface area contributed by atoms with Gasteiger partial charge in [0, 0.05) is 42.1 Å². The van der Waals surface area contributed by atoms with Gasteiger partial charge >= 0.3 is 6.18 Å². The average molecular weight is 582 g/mol. The van der Waals surface area contributed by atoms with Crippen LogP contribution in [0.25, 0.3) is 11.1 Å². The molecule has 1 aliphatic heterocycles. The number of anilines is 1. The van der Waals surface area contributed by atoms with Crippen molar-refractivity contribution in [2.75, 3.05) is 18.4 Å². The Morgan fingerprint density at radius 3 is 2.49 bits per heavy atom. The number of benzene rings is 3. The molecule has 212 valence electrons. The standard InChI is InChI=1S/C31H27F4N3O2S/c32-24-8-3-5-20(17-24)11-12-28(39)38-15-13-21(14-16-38)30-37-27(19-41-30)29(40)36-26-10-2-1-9-25(26)22-6-4-7-23(18-22)31(33,34)35/h1-10,17-19,21H,11-16H2,(H,36,40). The van der Waals surface area contributed by atoms with Gasteiger partial charge in [-0.15, -0.1) is 11.3 Å². The maximum absolute atomic E-state index is 13.4. The summed E-state index contributed by atoms with van der Waals surface area (Å²) in [5.41, 5.74) is 1.46. The molecule has 0 spiro atoms. The number of amides is 2. The molecule has 0 radical (unpaired) electrons. The SMILES string of the molecule is O=C(Nc1ccccc1-c1cccc(C(F)(F)F)c1)c1csc(C2CCN(C(=O)CCc3cccc(F)c3)CC2)n1. The van der Waals surface area contributed by atoms with Gasteiger partial charge in [0.05, 0.1) is 10.6 Å². The van der Waals surface area contributed by atoms with E-state index in [2.05, 4.69) is 10.3 Å². The number of para-hydroxylation sites is 1. The largest absolute Gasteiger partial charge is 0.416 e. The minimum Gasteiger partial charge on any atom is -0.343 e. The highest BCUT2D eigenvalue weighted by atomic mass is 32.1. The van der Waals surface area contributed by atoms with Crippen molar-refractivity contribution in [2.45, 2.75) is 37.8 Å². The first kappa shape index (κ1) is 28.5. The second kappa shape index (κ2) is 12.2. The highest BCUT2D eigenvalue weighted by Crippen LogP contribution is 2.35. The summed E-state index contributed by atoms with van der Waals surface area (Å²) in [6.45, 7) is 1.16. The Labute approximate surface area is 238 Å². The number of nitrogens with zero attached hydrogens (tertiary/aromatic N) is 2. The Kier molecular flexibility index (Phi) is 8.49. The summed E-state index contributed by atoms with van der Waals surface area (Å²) >= 11 is 1.38. The molecule has 1 aromatic heterocycles. The highest BCUT2D eigenvalue weighted by molar-refractivity contribution is 7.10. The van der Waals surface area contributed by atoms with Gasteiger partial charge in [-0.1, -0.05) is 42.5 Å². The van der Waals surface area contributed by atoms with E-state index in [-0.39, 0.29) is 23.3 Å². The lowest BCUT2D eigenvalue weighted by atomic mass is 9.97. The third-order valence-corrected chi connectivity index (χ3v) is 8.15. The fourth-order valence-electron chi connectivity index (χ4n) is 4.95. The van der Waals surface area contributed by atoms with Gasteiger partial charge in [0.2, 0.25) is 5.91 Å². The molecule has 41 heavy (non-hydrogen) atoms. The third kappa shape index (κ3) is 7.00. The van der Waals surface area contributed by atoms with Gasteiger partial charge < -0.3 is 10.2 Å². The van der Waals surface area contributed by atoms with Gasteiger partial charge in [-0.25, -0.2) is 9.37 Å². The Balaban J connectivity index is 1.19. The minimum absolute atomic E-state index is 0.0337. The molecular weight excluding hydrogens is 554 g/mol. The third-order valence-electron chi connectivity index (χ3n) is 7.14. The van der Waals surface area contributed by atoms with Gasteiger partial charge in [0.15, 0.2) is 0 Å². The molecule has 0 unspecified atom stereocenters. The first-order chi connectivity index (χ1) is 19.7. The van der Waals surface area contributed by atoms with Crippen LogP contribution in [-0.2, 0) is 17.4 Å². The zero-order chi connectivity index (χ0) is 29.0. The number of hydrogen-bond acceptors (Lipinski definition) is 4. The van der Waals surface area contributed by atoms with Crippen molar-refractivity contribution in [3.05, 3.63) is 106 Å². The predicted octanol–water partition coefficient (Wildman–Crippen LogP) is 7.56. The van der Waals surface area contributed by atoms with Crippen LogP contribution < -0.4 is 5.32 Å². The van der Waals surface area contributed by atoms with Crippen LogP contribution in [0.5, 0.6) is 0 Å². The number of piperidine rings is 1. The van der Waals surface area contributed by atoms with Gasteiger partial charge in [0.1, 0.15) is 11.5 Å². The fraction of sp³-hybridized carbons (Fsp3) is 0.258. The fourth-order valence-corrected chi connectivity index (χ4v) is 5.92. The van der Waals surface area contributed by atoms with Crippen LogP contribution >= 0.6 is 11.3 Å². The van der Waals surface area contributed by atoms with Crippen LogP contribution in [0, 0.1) is 5.82 Å². The number of likely N-dealkylation sites (tertiary alicyclic amines) is 1. The molecule has 10 heteroatoms. The molecule has 0 saturated carbocycles. The Bertz CT molecular complexity index is 1540. The molecule has 1 N–H and O–H groups in total. The van der Waals surface area contributed by atoms with Crippen molar-refractivity contribution in [1.82, 2.24) is 9.88 Å². The van der Waals surface area contributed by atoms with Crippen molar-refractivity contribution < 1.29 is 27.2 Å². The smallest absolute Gasteiger partial charge is 0.343 e. The van der Waals surface area contributed by atoms with E-state index in [0.29, 0.717) is 42.7 Å². The number of carbonyl (C=O) groups is 2. The lowest BCUT2D eigenvalue weighted by Gasteiger charge is -2.31. The highest BCUT2D eigenvalue weighted by Gasteiger charge is 2.31. The van der Waals surface area contributed by atoms with Gasteiger partial charge in [-0.3, -0.25) is 9.59 Å². The molecule has 5 rings (SSSR count). The second-order valence-corrected chi connectivity index (χ2v) is 10.8. The van der Waals surface area contributed by atoms with Crippen LogP contribution in [0.15, 0.2) is 78.2 Å². The molecule has 4 aromatic rings. The van der Waals surface area contributed by atoms with Crippen LogP contribution in [0.4, 0.5) is 23.2 Å². The quantitative estimate of drug-likeness (QED) is 0.229. The summed E-state index contributed by atoms with van der Waals surface area (Å²) in [6.07, 6.45) is -2.23. The maximum Gasteiger partial charge on any atom is 0.416 e. The first-order valence-corrected chi connectivity index (χ1v) is 14.1. The zero-order valence-electron chi connectivity index (χ0n) is 22.0. The van der Waals surface area contributed by atoms with E-state index in [1.54, 1.807) is 41.8 Å². The van der Waals surface area contributed by atoms with Crippen molar-refractivity contribution in [3.8, 4) is 11.1 Å². The van der Waals surface area contributed by atoms with Crippen LogP contribution in [0.1, 0.15) is 51.8 Å². The molecule has 1 fully saturated rings. The molecule has 5 nitrogen and oxygen atoms in total.